The zero-order chi connectivity index (χ0) is 14.7. The molecule has 0 spiro atoms. The molecule has 1 aromatic heterocycles. The number of carbonyl (C=O) groups excluding carboxylic acids is 2. The van der Waals surface area contributed by atoms with Crippen LogP contribution in [-0.4, -0.2) is 18.9 Å². The molecule has 0 bridgehead atoms. The number of rotatable bonds is 3. The second-order valence-corrected chi connectivity index (χ2v) is 6.70. The first-order valence-electron chi connectivity index (χ1n) is 5.59. The van der Waals surface area contributed by atoms with Crippen molar-refractivity contribution in [2.45, 2.75) is 0 Å². The summed E-state index contributed by atoms with van der Waals surface area (Å²) in [6.45, 7) is 0. The van der Waals surface area contributed by atoms with Gasteiger partial charge in [-0.15, -0.1) is 11.3 Å². The second-order valence-electron chi connectivity index (χ2n) is 3.83. The average Bonchev–Trinajstić information content (AvgIpc) is 2.87. The third-order valence-corrected chi connectivity index (χ3v) is 4.44. The van der Waals surface area contributed by atoms with Gasteiger partial charge in [-0.2, -0.15) is 0 Å². The number of benzene rings is 1. The van der Waals surface area contributed by atoms with E-state index >= 15 is 0 Å². The number of thiophene rings is 1. The monoisotopic (exact) mass is 372 g/mol. The van der Waals surface area contributed by atoms with Gasteiger partial charge in [-0.25, -0.2) is 0 Å². The summed E-state index contributed by atoms with van der Waals surface area (Å²) < 4.78 is 0.879. The van der Waals surface area contributed by atoms with Gasteiger partial charge in [0.15, 0.2) is 0 Å². The third kappa shape index (κ3) is 3.39. The van der Waals surface area contributed by atoms with E-state index in [2.05, 4.69) is 26.6 Å². The van der Waals surface area contributed by atoms with Crippen LogP contribution in [0.2, 0.25) is 5.02 Å². The van der Waals surface area contributed by atoms with E-state index in [1.54, 1.807) is 30.3 Å². The summed E-state index contributed by atoms with van der Waals surface area (Å²) in [5, 5.41) is 5.56. The Morgan fingerprint density at radius 2 is 1.95 bits per heavy atom. The van der Waals surface area contributed by atoms with Gasteiger partial charge in [-0.1, -0.05) is 11.6 Å². The third-order valence-electron chi connectivity index (χ3n) is 2.49. The van der Waals surface area contributed by atoms with Crippen molar-refractivity contribution >= 4 is 56.4 Å². The molecule has 104 valence electrons. The summed E-state index contributed by atoms with van der Waals surface area (Å²) in [7, 11) is 1.52. The topological polar surface area (TPSA) is 58.2 Å². The minimum Gasteiger partial charge on any atom is -0.355 e. The van der Waals surface area contributed by atoms with Crippen molar-refractivity contribution in [3.05, 3.63) is 49.6 Å². The van der Waals surface area contributed by atoms with Crippen LogP contribution < -0.4 is 10.6 Å². The molecule has 0 aliphatic rings. The molecule has 2 aromatic rings. The quantitative estimate of drug-likeness (QED) is 0.860. The molecule has 1 aromatic carbocycles. The van der Waals surface area contributed by atoms with Crippen LogP contribution in [0, 0.1) is 0 Å². The zero-order valence-corrected chi connectivity index (χ0v) is 13.5. The van der Waals surface area contributed by atoms with Crippen LogP contribution in [0.1, 0.15) is 20.0 Å². The Morgan fingerprint density at radius 3 is 2.55 bits per heavy atom. The lowest BCUT2D eigenvalue weighted by atomic mass is 10.2. The van der Waals surface area contributed by atoms with E-state index in [-0.39, 0.29) is 11.8 Å². The van der Waals surface area contributed by atoms with Crippen molar-refractivity contribution in [1.82, 2.24) is 5.32 Å². The molecule has 7 heteroatoms. The highest BCUT2D eigenvalue weighted by atomic mass is 79.9. The summed E-state index contributed by atoms with van der Waals surface area (Å²) >= 11 is 10.6. The maximum absolute atomic E-state index is 12.0. The number of halogens is 2. The van der Waals surface area contributed by atoms with Crippen LogP contribution in [0.3, 0.4) is 0 Å². The van der Waals surface area contributed by atoms with Gasteiger partial charge in [0.1, 0.15) is 0 Å². The Bertz CT molecular complexity index is 672. The maximum Gasteiger partial charge on any atom is 0.265 e. The molecule has 0 saturated heterocycles. The molecule has 0 radical (unpaired) electrons. The molecule has 2 rings (SSSR count). The van der Waals surface area contributed by atoms with E-state index in [0.29, 0.717) is 21.2 Å². The molecule has 2 amide bonds. The van der Waals surface area contributed by atoms with Crippen LogP contribution in [-0.2, 0) is 0 Å². The van der Waals surface area contributed by atoms with Crippen LogP contribution in [0.15, 0.2) is 34.1 Å². The van der Waals surface area contributed by atoms with E-state index < -0.39 is 0 Å². The van der Waals surface area contributed by atoms with Gasteiger partial charge in [0.2, 0.25) is 0 Å². The summed E-state index contributed by atoms with van der Waals surface area (Å²) in [6, 6.07) is 8.29. The predicted octanol–water partition coefficient (Wildman–Crippen LogP) is 3.78. The summed E-state index contributed by atoms with van der Waals surface area (Å²) in [4.78, 5) is 24.2. The molecule has 4 nitrogen and oxygen atoms in total. The molecule has 20 heavy (non-hydrogen) atoms. The lowest BCUT2D eigenvalue weighted by Gasteiger charge is -2.07. The van der Waals surface area contributed by atoms with Crippen molar-refractivity contribution in [1.29, 1.82) is 0 Å². The van der Waals surface area contributed by atoms with Crippen molar-refractivity contribution in [2.75, 3.05) is 12.4 Å². The lowest BCUT2D eigenvalue weighted by molar-refractivity contribution is 0.0961. The highest BCUT2D eigenvalue weighted by Crippen LogP contribution is 2.24. The molecule has 1 heterocycles. The second kappa shape index (κ2) is 6.39. The average molecular weight is 374 g/mol. The van der Waals surface area contributed by atoms with Gasteiger partial charge in [0.05, 0.1) is 19.2 Å². The minimum atomic E-state index is -0.301. The van der Waals surface area contributed by atoms with Crippen LogP contribution in [0.25, 0.3) is 0 Å². The van der Waals surface area contributed by atoms with Gasteiger partial charge >= 0.3 is 0 Å². The van der Waals surface area contributed by atoms with Crippen LogP contribution >= 0.6 is 38.9 Å². The van der Waals surface area contributed by atoms with Crippen molar-refractivity contribution in [2.24, 2.45) is 0 Å². The van der Waals surface area contributed by atoms with Crippen LogP contribution in [0.4, 0.5) is 5.69 Å². The smallest absolute Gasteiger partial charge is 0.265 e. The van der Waals surface area contributed by atoms with Gasteiger partial charge in [0.25, 0.3) is 11.8 Å². The fraction of sp³-hybridized carbons (Fsp3) is 0.0769. The van der Waals surface area contributed by atoms with Gasteiger partial charge < -0.3 is 10.6 Å². The van der Waals surface area contributed by atoms with Crippen molar-refractivity contribution in [3.63, 3.8) is 0 Å². The first kappa shape index (κ1) is 15.0. The van der Waals surface area contributed by atoms with Crippen LogP contribution in [0.5, 0.6) is 0 Å². The molecular weight excluding hydrogens is 364 g/mol. The van der Waals surface area contributed by atoms with E-state index in [9.17, 15) is 9.59 Å². The van der Waals surface area contributed by atoms with E-state index in [1.807, 2.05) is 0 Å². The summed E-state index contributed by atoms with van der Waals surface area (Å²) in [5.41, 5.74) is 0.835. The summed E-state index contributed by atoms with van der Waals surface area (Å²) in [6.07, 6.45) is 0. The number of hydrogen-bond acceptors (Lipinski definition) is 3. The Kier molecular flexibility index (Phi) is 4.80. The number of hydrogen-bond donors (Lipinski definition) is 2. The number of amides is 2. The fourth-order valence-corrected chi connectivity index (χ4v) is 3.03. The lowest BCUT2D eigenvalue weighted by Crippen LogP contribution is -2.19. The first-order valence-corrected chi connectivity index (χ1v) is 7.58. The number of anilines is 1. The summed E-state index contributed by atoms with van der Waals surface area (Å²) in [5.74, 6) is -0.532. The molecule has 0 atom stereocenters. The Morgan fingerprint density at radius 1 is 1.20 bits per heavy atom. The zero-order valence-electron chi connectivity index (χ0n) is 10.4. The highest BCUT2D eigenvalue weighted by Gasteiger charge is 2.12. The molecule has 0 unspecified atom stereocenters. The van der Waals surface area contributed by atoms with E-state index in [0.717, 1.165) is 3.79 Å². The first-order chi connectivity index (χ1) is 9.51. The SMILES string of the molecule is CNC(=O)c1cc(NC(=O)c2ccc(Br)s2)ccc1Cl. The molecular formula is C13H10BrClN2O2S. The molecule has 0 fully saturated rings. The molecule has 2 N–H and O–H groups in total. The van der Waals surface area contributed by atoms with Crippen molar-refractivity contribution < 1.29 is 9.59 Å². The number of carbonyl (C=O) groups is 2. The Balaban J connectivity index is 2.22. The maximum atomic E-state index is 12.0. The molecule has 0 saturated carbocycles. The normalized spacial score (nSPS) is 10.2. The number of nitrogens with one attached hydrogen (secondary N) is 2. The Hall–Kier alpha value is -1.37. The van der Waals surface area contributed by atoms with Gasteiger partial charge in [0, 0.05) is 12.7 Å². The minimum absolute atomic E-state index is 0.231. The van der Waals surface area contributed by atoms with Crippen molar-refractivity contribution in [3.8, 4) is 0 Å². The van der Waals surface area contributed by atoms with Gasteiger partial charge in [-0.05, 0) is 46.3 Å². The van der Waals surface area contributed by atoms with E-state index in [4.69, 9.17) is 11.6 Å². The Labute approximate surface area is 133 Å². The standard InChI is InChI=1S/C13H10BrClN2O2S/c1-16-12(18)8-6-7(2-3-9(8)15)17-13(19)10-4-5-11(14)20-10/h2-6H,1H3,(H,16,18)(H,17,19). The molecule has 0 aliphatic heterocycles. The molecule has 0 aliphatic carbocycles. The highest BCUT2D eigenvalue weighted by molar-refractivity contribution is 9.11. The largest absolute Gasteiger partial charge is 0.355 e. The van der Waals surface area contributed by atoms with Gasteiger partial charge in [-0.3, -0.25) is 9.59 Å². The fourth-order valence-electron chi connectivity index (χ4n) is 1.54. The van der Waals surface area contributed by atoms with E-state index in [1.165, 1.54) is 18.4 Å². The predicted molar refractivity (Wildman–Crippen MR) is 84.8 cm³/mol.